The average Bonchev–Trinajstić information content (AvgIpc) is 2.89. The third-order valence-corrected chi connectivity index (χ3v) is 6.54. The van der Waals surface area contributed by atoms with Crippen molar-refractivity contribution in [3.8, 4) is 11.5 Å². The molecule has 0 heterocycles. The predicted octanol–water partition coefficient (Wildman–Crippen LogP) is 0.929. The largest absolute Gasteiger partial charge is 0.493 e. The standard InChI is InChI=1S/C25H35IN2O9/c1-4-36-9-5-7-28(22(31)15-34-2)19-12-17(25(33)27-6-8-29)13-20(23(19)32)37-24-18(26)10-16(14-30)11-21(24)35-3/h10-11,13-14,19-20,23,29,32H,4-9,12,15H2,1-3H3,(H,27,33)/t19-,20+,23+/m1/s1. The molecular weight excluding hydrogens is 599 g/mol. The fraction of sp³-hybridized carbons (Fsp3) is 0.560. The molecule has 1 aromatic carbocycles. The van der Waals surface area contributed by atoms with Crippen LogP contribution in [-0.2, 0) is 19.1 Å². The monoisotopic (exact) mass is 634 g/mol. The quantitative estimate of drug-likeness (QED) is 0.146. The van der Waals surface area contributed by atoms with E-state index < -0.39 is 24.2 Å². The van der Waals surface area contributed by atoms with Gasteiger partial charge in [0.05, 0.1) is 23.3 Å². The number of benzene rings is 1. The number of ether oxygens (including phenoxy) is 4. The van der Waals surface area contributed by atoms with E-state index in [9.17, 15) is 19.5 Å². The van der Waals surface area contributed by atoms with Crippen molar-refractivity contribution in [1.82, 2.24) is 10.2 Å². The van der Waals surface area contributed by atoms with Crippen LogP contribution in [0.25, 0.3) is 0 Å². The molecule has 1 aliphatic carbocycles. The summed E-state index contributed by atoms with van der Waals surface area (Å²) in [7, 11) is 2.84. The maximum absolute atomic E-state index is 13.0. The van der Waals surface area contributed by atoms with Gasteiger partial charge in [0.2, 0.25) is 11.8 Å². The van der Waals surface area contributed by atoms with Gasteiger partial charge >= 0.3 is 0 Å². The minimum absolute atomic E-state index is 0.0501. The van der Waals surface area contributed by atoms with E-state index in [2.05, 4.69) is 5.32 Å². The molecule has 1 aromatic rings. The molecule has 3 N–H and O–H groups in total. The predicted molar refractivity (Wildman–Crippen MR) is 143 cm³/mol. The SMILES string of the molecule is CCOCCCN(C(=O)COC)[C@@H]1CC(C(=O)NCCO)=C[C@H](Oc2c(I)cc(C=O)cc2OC)[C@H]1O. The zero-order chi connectivity index (χ0) is 27.4. The molecule has 0 aromatic heterocycles. The van der Waals surface area contributed by atoms with Crippen molar-refractivity contribution in [2.75, 3.05) is 53.7 Å². The van der Waals surface area contributed by atoms with E-state index in [-0.39, 0.29) is 50.1 Å². The average molecular weight is 634 g/mol. The first-order chi connectivity index (χ1) is 17.8. The van der Waals surface area contributed by atoms with Crippen molar-refractivity contribution in [2.24, 2.45) is 0 Å². The molecule has 1 aliphatic rings. The molecule has 0 radical (unpaired) electrons. The fourth-order valence-electron chi connectivity index (χ4n) is 4.00. The Morgan fingerprint density at radius 2 is 2.05 bits per heavy atom. The second kappa shape index (κ2) is 15.9. The van der Waals surface area contributed by atoms with Crippen LogP contribution in [0.1, 0.15) is 30.1 Å². The van der Waals surface area contributed by atoms with Gasteiger partial charge in [0.15, 0.2) is 11.5 Å². The van der Waals surface area contributed by atoms with Crippen molar-refractivity contribution in [3.05, 3.63) is 32.9 Å². The molecule has 0 bridgehead atoms. The minimum Gasteiger partial charge on any atom is -0.493 e. The summed E-state index contributed by atoms with van der Waals surface area (Å²) in [5.74, 6) is -0.213. The summed E-state index contributed by atoms with van der Waals surface area (Å²) >= 11 is 2.00. The lowest BCUT2D eigenvalue weighted by Gasteiger charge is -2.40. The minimum atomic E-state index is -1.20. The van der Waals surface area contributed by atoms with Crippen LogP contribution in [0.3, 0.4) is 0 Å². The number of nitrogens with zero attached hydrogens (tertiary/aromatic N) is 1. The van der Waals surface area contributed by atoms with Crippen LogP contribution in [-0.4, -0.2) is 105 Å². The first-order valence-electron chi connectivity index (χ1n) is 11.9. The summed E-state index contributed by atoms with van der Waals surface area (Å²) in [4.78, 5) is 38.6. The summed E-state index contributed by atoms with van der Waals surface area (Å²) in [5.41, 5.74) is 0.688. The van der Waals surface area contributed by atoms with Gasteiger partial charge in [-0.25, -0.2) is 0 Å². The van der Waals surface area contributed by atoms with Gasteiger partial charge in [0.25, 0.3) is 0 Å². The molecule has 0 saturated heterocycles. The number of rotatable bonds is 15. The number of aldehydes is 1. The van der Waals surface area contributed by atoms with E-state index in [1.165, 1.54) is 31.3 Å². The lowest BCUT2D eigenvalue weighted by molar-refractivity contribution is -0.142. The van der Waals surface area contributed by atoms with Gasteiger partial charge in [0, 0.05) is 51.0 Å². The van der Waals surface area contributed by atoms with Crippen LogP contribution in [0.15, 0.2) is 23.8 Å². The zero-order valence-electron chi connectivity index (χ0n) is 21.3. The third-order valence-electron chi connectivity index (χ3n) is 5.74. The molecule has 12 heteroatoms. The zero-order valence-corrected chi connectivity index (χ0v) is 23.4. The smallest absolute Gasteiger partial charge is 0.248 e. The Balaban J connectivity index is 2.45. The Hall–Kier alpha value is -2.26. The summed E-state index contributed by atoms with van der Waals surface area (Å²) in [5, 5.41) is 23.2. The Morgan fingerprint density at radius 3 is 2.68 bits per heavy atom. The molecule has 11 nitrogen and oxygen atoms in total. The van der Waals surface area contributed by atoms with Crippen molar-refractivity contribution < 1.29 is 43.5 Å². The number of hydrogen-bond donors (Lipinski definition) is 3. The number of aliphatic hydroxyl groups excluding tert-OH is 2. The van der Waals surface area contributed by atoms with E-state index in [4.69, 9.17) is 24.1 Å². The van der Waals surface area contributed by atoms with Crippen LogP contribution >= 0.6 is 22.6 Å². The second-order valence-electron chi connectivity index (χ2n) is 8.24. The Labute approximate surface area is 230 Å². The summed E-state index contributed by atoms with van der Waals surface area (Å²) in [6.07, 6.45) is 0.561. The summed E-state index contributed by atoms with van der Waals surface area (Å²) < 4.78 is 22.6. The van der Waals surface area contributed by atoms with E-state index in [0.717, 1.165) is 0 Å². The first kappa shape index (κ1) is 31.0. The lowest BCUT2D eigenvalue weighted by Crippen LogP contribution is -2.56. The Bertz CT molecular complexity index is 956. The van der Waals surface area contributed by atoms with E-state index in [1.807, 2.05) is 29.5 Å². The maximum atomic E-state index is 13.0. The molecule has 2 rings (SSSR count). The topological polar surface area (TPSA) is 144 Å². The number of methoxy groups -OCH3 is 2. The van der Waals surface area contributed by atoms with Gasteiger partial charge < -0.3 is 39.4 Å². The van der Waals surface area contributed by atoms with Gasteiger partial charge in [-0.3, -0.25) is 14.4 Å². The fourth-order valence-corrected chi connectivity index (χ4v) is 4.75. The molecule has 0 aliphatic heterocycles. The Morgan fingerprint density at radius 1 is 1.30 bits per heavy atom. The van der Waals surface area contributed by atoms with E-state index in [0.29, 0.717) is 40.6 Å². The van der Waals surface area contributed by atoms with Crippen molar-refractivity contribution in [1.29, 1.82) is 0 Å². The molecule has 0 fully saturated rings. The highest BCUT2D eigenvalue weighted by molar-refractivity contribution is 14.1. The van der Waals surface area contributed by atoms with Gasteiger partial charge in [-0.15, -0.1) is 0 Å². The molecule has 0 saturated carbocycles. The number of halogens is 1. The van der Waals surface area contributed by atoms with Crippen LogP contribution in [0, 0.1) is 3.57 Å². The molecule has 37 heavy (non-hydrogen) atoms. The highest BCUT2D eigenvalue weighted by Crippen LogP contribution is 2.37. The number of hydrogen-bond acceptors (Lipinski definition) is 9. The molecule has 3 atom stereocenters. The normalized spacial score (nSPS) is 19.1. The molecule has 0 unspecified atom stereocenters. The van der Waals surface area contributed by atoms with E-state index in [1.54, 1.807) is 6.07 Å². The Kier molecular flexibility index (Phi) is 13.3. The number of amides is 2. The van der Waals surface area contributed by atoms with Gasteiger partial charge in [0.1, 0.15) is 25.1 Å². The first-order valence-corrected chi connectivity index (χ1v) is 13.0. The van der Waals surface area contributed by atoms with Crippen molar-refractivity contribution in [3.63, 3.8) is 0 Å². The lowest BCUT2D eigenvalue weighted by atomic mass is 9.88. The summed E-state index contributed by atoms with van der Waals surface area (Å²) in [6, 6.07) is 2.32. The van der Waals surface area contributed by atoms with Crippen LogP contribution in [0.4, 0.5) is 0 Å². The number of carbonyl (C=O) groups is 3. The summed E-state index contributed by atoms with van der Waals surface area (Å²) in [6.45, 7) is 2.73. The number of aliphatic hydroxyl groups is 2. The highest BCUT2D eigenvalue weighted by atomic mass is 127. The number of carbonyl (C=O) groups excluding carboxylic acids is 3. The van der Waals surface area contributed by atoms with Gasteiger partial charge in [-0.2, -0.15) is 0 Å². The number of nitrogens with one attached hydrogen (secondary N) is 1. The van der Waals surface area contributed by atoms with Gasteiger partial charge in [-0.05, 0) is 54.1 Å². The van der Waals surface area contributed by atoms with Crippen molar-refractivity contribution in [2.45, 2.75) is 38.0 Å². The second-order valence-corrected chi connectivity index (χ2v) is 9.40. The van der Waals surface area contributed by atoms with Crippen LogP contribution in [0.2, 0.25) is 0 Å². The molecule has 2 amide bonds. The van der Waals surface area contributed by atoms with E-state index >= 15 is 0 Å². The van der Waals surface area contributed by atoms with Crippen LogP contribution < -0.4 is 14.8 Å². The molecule has 0 spiro atoms. The highest BCUT2D eigenvalue weighted by Gasteiger charge is 2.40. The third kappa shape index (κ3) is 8.64. The maximum Gasteiger partial charge on any atom is 0.248 e. The van der Waals surface area contributed by atoms with Crippen LogP contribution in [0.5, 0.6) is 11.5 Å². The van der Waals surface area contributed by atoms with Crippen molar-refractivity contribution >= 4 is 40.7 Å². The molecule has 206 valence electrons. The van der Waals surface area contributed by atoms with Gasteiger partial charge in [-0.1, -0.05) is 0 Å². The molecular formula is C25H35IN2O9.